The topological polar surface area (TPSA) is 109 Å². The monoisotopic (exact) mass is 675 g/mol. The van der Waals surface area contributed by atoms with Crippen molar-refractivity contribution >= 4 is 21.5 Å². The number of hydrogen-bond acceptors (Lipinski definition) is 5. The minimum Gasteiger partial charge on any atom is -0.468 e. The predicted octanol–water partition coefficient (Wildman–Crippen LogP) is 7.06. The number of aromatic nitrogens is 2. The number of nitrogens with one attached hydrogen (secondary N) is 3. The molecule has 0 spiro atoms. The highest BCUT2D eigenvalue weighted by Crippen LogP contribution is 2.46. The Hall–Kier alpha value is -4.80. The Kier molecular flexibility index (Phi) is 7.49. The van der Waals surface area contributed by atoms with Gasteiger partial charge >= 0.3 is 0 Å². The highest BCUT2D eigenvalue weighted by molar-refractivity contribution is 7.90. The summed E-state index contributed by atoms with van der Waals surface area (Å²) in [4.78, 5) is 14.3. The van der Waals surface area contributed by atoms with Crippen LogP contribution >= 0.6 is 0 Å². The maximum atomic E-state index is 14.9. The van der Waals surface area contributed by atoms with Crippen molar-refractivity contribution in [3.8, 4) is 5.88 Å². The molecule has 4 aromatic carbocycles. The first-order chi connectivity index (χ1) is 23.6. The number of fused-ring (bicyclic) bond motifs is 3. The molecule has 0 bridgehead atoms. The summed E-state index contributed by atoms with van der Waals surface area (Å²) >= 11 is 0. The van der Waals surface area contributed by atoms with E-state index in [9.17, 15) is 18.2 Å². The summed E-state index contributed by atoms with van der Waals surface area (Å²) in [6, 6.07) is 30.2. The molecular weight excluding hydrogens is 638 g/mol. The Morgan fingerprint density at radius 3 is 2.10 bits per heavy atom. The molecule has 2 aliphatic carbocycles. The van der Waals surface area contributed by atoms with Crippen molar-refractivity contribution in [1.29, 1.82) is 4.78 Å². The molecule has 49 heavy (non-hydrogen) atoms. The van der Waals surface area contributed by atoms with Crippen LogP contribution < -0.4 is 14.8 Å². The fourth-order valence-corrected chi connectivity index (χ4v) is 9.46. The molecule has 3 atom stereocenters. The van der Waals surface area contributed by atoms with E-state index >= 15 is 0 Å². The van der Waals surface area contributed by atoms with Crippen LogP contribution in [0.1, 0.15) is 65.3 Å². The van der Waals surface area contributed by atoms with E-state index in [1.807, 2.05) is 91.0 Å². The molecule has 3 aliphatic rings. The van der Waals surface area contributed by atoms with Gasteiger partial charge in [0.1, 0.15) is 32.1 Å². The molecule has 0 saturated heterocycles. The quantitative estimate of drug-likeness (QED) is 0.153. The van der Waals surface area contributed by atoms with Crippen LogP contribution in [0.2, 0.25) is 0 Å². The molecule has 8 rings (SSSR count). The molecule has 0 fully saturated rings. The van der Waals surface area contributed by atoms with Crippen LogP contribution in [0.15, 0.2) is 108 Å². The van der Waals surface area contributed by atoms with E-state index in [1.54, 1.807) is 13.8 Å². The molecule has 1 aliphatic heterocycles. The van der Waals surface area contributed by atoms with Crippen LogP contribution in [-0.2, 0) is 45.9 Å². The number of rotatable bonds is 8. The molecule has 1 aromatic heterocycles. The number of alkyl halides is 1. The Bertz CT molecular complexity index is 2070. The summed E-state index contributed by atoms with van der Waals surface area (Å²) in [5, 5.41) is 7.71. The molecule has 10 heteroatoms. The van der Waals surface area contributed by atoms with E-state index in [1.165, 1.54) is 16.4 Å². The van der Waals surface area contributed by atoms with Gasteiger partial charge in [-0.2, -0.15) is 5.10 Å². The smallest absolute Gasteiger partial charge is 0.253 e. The Morgan fingerprint density at radius 2 is 1.51 bits per heavy atom. The third kappa shape index (κ3) is 5.16. The van der Waals surface area contributed by atoms with Crippen LogP contribution in [0.4, 0.5) is 10.1 Å². The Balaban J connectivity index is 1.19. The van der Waals surface area contributed by atoms with Gasteiger partial charge in [0.15, 0.2) is 6.04 Å². The largest absolute Gasteiger partial charge is 0.468 e. The summed E-state index contributed by atoms with van der Waals surface area (Å²) in [5.41, 5.74) is 4.93. The molecular formula is C39H38FN5O3S. The van der Waals surface area contributed by atoms with Gasteiger partial charge in [0.05, 0.1) is 6.20 Å². The molecule has 2 heterocycles. The van der Waals surface area contributed by atoms with Crippen LogP contribution in [0.5, 0.6) is 5.88 Å². The Labute approximate surface area is 285 Å². The first kappa shape index (κ1) is 31.5. The van der Waals surface area contributed by atoms with Gasteiger partial charge in [-0.3, -0.25) is 4.79 Å². The average Bonchev–Trinajstić information content (AvgIpc) is 3.87. The second kappa shape index (κ2) is 11.7. The zero-order chi connectivity index (χ0) is 34.0. The van der Waals surface area contributed by atoms with Gasteiger partial charge in [0.2, 0.25) is 5.88 Å². The normalized spacial score (nSPS) is 20.1. The van der Waals surface area contributed by atoms with E-state index in [0.717, 1.165) is 58.3 Å². The summed E-state index contributed by atoms with van der Waals surface area (Å²) < 4.78 is 50.1. The lowest BCUT2D eigenvalue weighted by Gasteiger charge is -2.37. The van der Waals surface area contributed by atoms with Gasteiger partial charge < -0.3 is 10.1 Å². The fourth-order valence-electron chi connectivity index (χ4n) is 7.99. The lowest BCUT2D eigenvalue weighted by molar-refractivity contribution is -0.122. The van der Waals surface area contributed by atoms with Crippen molar-refractivity contribution in [2.75, 3.05) is 5.32 Å². The highest BCUT2D eigenvalue weighted by atomic mass is 32.2. The molecule has 250 valence electrons. The minimum absolute atomic E-state index is 0.0461. The van der Waals surface area contributed by atoms with Crippen LogP contribution in [0.25, 0.3) is 0 Å². The van der Waals surface area contributed by atoms with Crippen LogP contribution in [0, 0.1) is 4.78 Å². The number of nitrogens with zero attached hydrogens (tertiary/aromatic N) is 2. The fraction of sp³-hybridized carbons (Fsp3) is 0.282. The Morgan fingerprint density at radius 1 is 0.918 bits per heavy atom. The molecule has 0 radical (unpaired) electrons. The number of anilines is 1. The van der Waals surface area contributed by atoms with E-state index in [4.69, 9.17) is 4.74 Å². The molecule has 2 unspecified atom stereocenters. The van der Waals surface area contributed by atoms with E-state index < -0.39 is 33.3 Å². The van der Waals surface area contributed by atoms with Crippen molar-refractivity contribution < 1.29 is 18.1 Å². The van der Waals surface area contributed by atoms with E-state index in [0.29, 0.717) is 6.42 Å². The summed E-state index contributed by atoms with van der Waals surface area (Å²) in [6.07, 6.45) is 3.77. The number of halogens is 1. The summed E-state index contributed by atoms with van der Waals surface area (Å²) in [6.45, 7) is 3.57. The second-order valence-corrected chi connectivity index (χ2v) is 15.5. The van der Waals surface area contributed by atoms with Crippen LogP contribution in [0.3, 0.4) is 0 Å². The van der Waals surface area contributed by atoms with E-state index in [2.05, 4.69) is 21.2 Å². The van der Waals surface area contributed by atoms with Gasteiger partial charge in [-0.15, -0.1) is 0 Å². The zero-order valence-corrected chi connectivity index (χ0v) is 28.2. The van der Waals surface area contributed by atoms with Crippen LogP contribution in [-0.4, -0.2) is 31.7 Å². The van der Waals surface area contributed by atoms with Crippen molar-refractivity contribution in [2.24, 2.45) is 0 Å². The minimum atomic E-state index is -3.86. The summed E-state index contributed by atoms with van der Waals surface area (Å²) in [7, 11) is -3.86. The van der Waals surface area contributed by atoms with Crippen molar-refractivity contribution in [2.45, 2.75) is 74.2 Å². The van der Waals surface area contributed by atoms with Gasteiger partial charge in [-0.1, -0.05) is 97.1 Å². The number of aryl methyl sites for hydroxylation is 1. The number of carbonyl (C=O) groups excluding carboxylic acids is 1. The number of carbonyl (C=O) groups is 1. The number of ether oxygens (including phenoxy) is 1. The molecule has 5 aromatic rings. The molecule has 0 saturated carbocycles. The molecule has 3 N–H and O–H groups in total. The third-order valence-electron chi connectivity index (χ3n) is 10.2. The number of benzene rings is 4. The third-order valence-corrected chi connectivity index (χ3v) is 11.7. The van der Waals surface area contributed by atoms with Crippen molar-refractivity contribution in [3.63, 3.8) is 0 Å². The van der Waals surface area contributed by atoms with Gasteiger partial charge in [-0.05, 0) is 72.1 Å². The van der Waals surface area contributed by atoms with Gasteiger partial charge in [-0.25, -0.2) is 22.8 Å². The number of amides is 1. The maximum absolute atomic E-state index is 14.9. The first-order valence-electron chi connectivity index (χ1n) is 16.7. The average molecular weight is 676 g/mol. The number of hydrogen-bond donors (Lipinski definition) is 3. The molecule has 1 amide bonds. The van der Waals surface area contributed by atoms with Gasteiger partial charge in [0.25, 0.3) is 5.91 Å². The maximum Gasteiger partial charge on any atom is 0.253 e. The first-order valence-corrected chi connectivity index (χ1v) is 18.3. The van der Waals surface area contributed by atoms with Gasteiger partial charge in [0, 0.05) is 18.5 Å². The van der Waals surface area contributed by atoms with E-state index in [-0.39, 0.29) is 23.1 Å². The highest BCUT2D eigenvalue weighted by Gasteiger charge is 2.50. The predicted molar refractivity (Wildman–Crippen MR) is 187 cm³/mol. The SMILES string of the molecule is CC1(C)Oc2c(S(=N)(=O)NC(c3ccccc3)(c3ccccc3)c3ccccc3)cnn2C1C(=O)Nc1c2c(cc3c1C[C@@H](F)C3)CCC2. The van der Waals surface area contributed by atoms with Crippen molar-refractivity contribution in [3.05, 3.63) is 142 Å². The molecule has 8 nitrogen and oxygen atoms in total. The zero-order valence-electron chi connectivity index (χ0n) is 27.4. The summed E-state index contributed by atoms with van der Waals surface area (Å²) in [5.74, 6) is -0.243. The van der Waals surface area contributed by atoms with Crippen molar-refractivity contribution in [1.82, 2.24) is 14.5 Å². The lowest BCUT2D eigenvalue weighted by Crippen LogP contribution is -2.47. The lowest BCUT2D eigenvalue weighted by atomic mass is 9.78. The second-order valence-electron chi connectivity index (χ2n) is 13.7. The standard InChI is InChI=1S/C39H38FN5O3S/c1-38(2)35(36(46)43-34-31-20-12-13-25(31)21-26-22-30(40)23-32(26)34)45-37(48-38)33(24-42-45)49(41,47)44-39(27-14-6-3-7-15-27,28-16-8-4-9-17-28)29-18-10-5-11-19-29/h3-11,14-19,21,24,30,35H,12-13,20,22-23H2,1-2H3,(H,43,46)(H2,41,44,47)/t30-,35?,49?/m0/s1.